The topological polar surface area (TPSA) is 74.6 Å². The fourth-order valence-electron chi connectivity index (χ4n) is 2.78. The van der Waals surface area contributed by atoms with Gasteiger partial charge in [-0.05, 0) is 31.8 Å². The molecule has 124 valence electrons. The largest absolute Gasteiger partial charge is 0.481 e. The van der Waals surface area contributed by atoms with Gasteiger partial charge in [0, 0.05) is 18.3 Å². The molecule has 0 aromatic carbocycles. The molecule has 0 aliphatic heterocycles. The van der Waals surface area contributed by atoms with Crippen molar-refractivity contribution >= 4 is 11.8 Å². The van der Waals surface area contributed by atoms with Crippen LogP contribution in [0.25, 0.3) is 0 Å². The van der Waals surface area contributed by atoms with E-state index in [0.717, 1.165) is 25.7 Å². The van der Waals surface area contributed by atoms with Crippen molar-refractivity contribution in [2.75, 3.05) is 0 Å². The van der Waals surface area contributed by atoms with E-state index >= 15 is 0 Å². The number of rotatable bonds is 11. The molecule has 2 N–H and O–H groups in total. The van der Waals surface area contributed by atoms with Crippen molar-refractivity contribution in [1.29, 1.82) is 0 Å². The molecular weight excluding hydrogens is 280 g/mol. The monoisotopic (exact) mass is 308 g/mol. The van der Waals surface area contributed by atoms with E-state index in [0.29, 0.717) is 19.3 Å². The zero-order valence-electron chi connectivity index (χ0n) is 13.4. The number of aliphatic hydroxyl groups excluding tert-OH is 1. The number of carboxylic acid groups (broad SMARTS) is 1. The maximum atomic E-state index is 11.9. The second-order valence-corrected chi connectivity index (χ2v) is 6.03. The first-order valence-electron chi connectivity index (χ1n) is 8.34. The number of ketones is 1. The zero-order valence-corrected chi connectivity index (χ0v) is 13.4. The molecule has 0 spiro atoms. The molecule has 4 heteroatoms. The predicted octanol–water partition coefficient (Wildman–Crippen LogP) is 3.50. The molecule has 3 atom stereocenters. The molecule has 0 saturated heterocycles. The highest BCUT2D eigenvalue weighted by molar-refractivity contribution is 5.94. The Morgan fingerprint density at radius 3 is 2.77 bits per heavy atom. The van der Waals surface area contributed by atoms with Gasteiger partial charge in [0.2, 0.25) is 0 Å². The van der Waals surface area contributed by atoms with Gasteiger partial charge in [0.25, 0.3) is 0 Å². The smallest absolute Gasteiger partial charge is 0.303 e. The molecule has 0 radical (unpaired) electrons. The lowest BCUT2D eigenvalue weighted by molar-refractivity contribution is -0.137. The highest BCUT2D eigenvalue weighted by Gasteiger charge is 2.27. The van der Waals surface area contributed by atoms with E-state index in [1.807, 2.05) is 12.2 Å². The molecule has 1 aliphatic rings. The lowest BCUT2D eigenvalue weighted by atomic mass is 9.89. The van der Waals surface area contributed by atoms with Crippen molar-refractivity contribution in [2.45, 2.75) is 64.4 Å². The Morgan fingerprint density at radius 2 is 2.09 bits per heavy atom. The fourth-order valence-corrected chi connectivity index (χ4v) is 2.78. The average Bonchev–Trinajstić information content (AvgIpc) is 2.82. The SMILES string of the molecule is CCCCC[C@H]1C(=O)C=C[C@H]1/C=C/[C@@H](O)CCCCC(=O)O. The van der Waals surface area contributed by atoms with Crippen LogP contribution < -0.4 is 0 Å². The highest BCUT2D eigenvalue weighted by atomic mass is 16.4. The van der Waals surface area contributed by atoms with E-state index in [2.05, 4.69) is 6.92 Å². The summed E-state index contributed by atoms with van der Waals surface area (Å²) in [6.07, 6.45) is 13.0. The van der Waals surface area contributed by atoms with Gasteiger partial charge < -0.3 is 10.2 Å². The van der Waals surface area contributed by atoms with Gasteiger partial charge in [0.15, 0.2) is 5.78 Å². The summed E-state index contributed by atoms with van der Waals surface area (Å²) in [4.78, 5) is 22.3. The third kappa shape index (κ3) is 7.03. The minimum Gasteiger partial charge on any atom is -0.481 e. The van der Waals surface area contributed by atoms with Crippen LogP contribution in [0.4, 0.5) is 0 Å². The molecule has 1 aliphatic carbocycles. The zero-order chi connectivity index (χ0) is 16.4. The Morgan fingerprint density at radius 1 is 1.32 bits per heavy atom. The minimum absolute atomic E-state index is 0.0296. The van der Waals surface area contributed by atoms with Crippen LogP contribution in [0.15, 0.2) is 24.3 Å². The van der Waals surface area contributed by atoms with Gasteiger partial charge in [-0.3, -0.25) is 9.59 Å². The number of unbranched alkanes of at least 4 members (excludes halogenated alkanes) is 3. The number of allylic oxidation sites excluding steroid dienone is 3. The Labute approximate surface area is 132 Å². The second-order valence-electron chi connectivity index (χ2n) is 6.03. The quantitative estimate of drug-likeness (QED) is 0.452. The van der Waals surface area contributed by atoms with E-state index in [1.54, 1.807) is 12.2 Å². The summed E-state index contributed by atoms with van der Waals surface area (Å²) >= 11 is 0. The van der Waals surface area contributed by atoms with Crippen molar-refractivity contribution in [3.8, 4) is 0 Å². The van der Waals surface area contributed by atoms with Crippen molar-refractivity contribution < 1.29 is 19.8 Å². The molecule has 0 bridgehead atoms. The van der Waals surface area contributed by atoms with Gasteiger partial charge in [-0.1, -0.05) is 44.4 Å². The van der Waals surface area contributed by atoms with Gasteiger partial charge in [-0.15, -0.1) is 0 Å². The fraction of sp³-hybridized carbons (Fsp3) is 0.667. The van der Waals surface area contributed by atoms with Crippen LogP contribution >= 0.6 is 0 Å². The van der Waals surface area contributed by atoms with E-state index in [4.69, 9.17) is 5.11 Å². The first-order valence-corrected chi connectivity index (χ1v) is 8.34. The normalized spacial score (nSPS) is 22.5. The molecule has 1 rings (SSSR count). The Bertz CT molecular complexity index is 411. The number of hydrogen-bond acceptors (Lipinski definition) is 3. The average molecular weight is 308 g/mol. The summed E-state index contributed by atoms with van der Waals surface area (Å²) in [5, 5.41) is 18.5. The van der Waals surface area contributed by atoms with Gasteiger partial charge in [0.1, 0.15) is 0 Å². The summed E-state index contributed by atoms with van der Waals surface area (Å²) in [5.41, 5.74) is 0. The van der Waals surface area contributed by atoms with Crippen molar-refractivity contribution in [2.24, 2.45) is 11.8 Å². The third-order valence-electron chi connectivity index (χ3n) is 4.13. The van der Waals surface area contributed by atoms with Crippen LogP contribution in [0.3, 0.4) is 0 Å². The number of carbonyl (C=O) groups is 2. The number of aliphatic carboxylic acids is 1. The Hall–Kier alpha value is -1.42. The van der Waals surface area contributed by atoms with Crippen LogP contribution in [-0.2, 0) is 9.59 Å². The van der Waals surface area contributed by atoms with Crippen molar-refractivity contribution in [1.82, 2.24) is 0 Å². The molecule has 0 fully saturated rings. The lowest BCUT2D eigenvalue weighted by Gasteiger charge is -2.15. The summed E-state index contributed by atoms with van der Waals surface area (Å²) in [6.45, 7) is 2.15. The minimum atomic E-state index is -0.797. The van der Waals surface area contributed by atoms with Crippen LogP contribution in [0.2, 0.25) is 0 Å². The van der Waals surface area contributed by atoms with Gasteiger partial charge >= 0.3 is 5.97 Å². The van der Waals surface area contributed by atoms with Crippen molar-refractivity contribution in [3.05, 3.63) is 24.3 Å². The van der Waals surface area contributed by atoms with Gasteiger partial charge in [0.05, 0.1) is 6.10 Å². The third-order valence-corrected chi connectivity index (χ3v) is 4.13. The number of carboxylic acids is 1. The lowest BCUT2D eigenvalue weighted by Crippen LogP contribution is -2.15. The summed E-state index contributed by atoms with van der Waals surface area (Å²) in [7, 11) is 0. The molecule has 22 heavy (non-hydrogen) atoms. The molecule has 0 aromatic rings. The molecule has 0 amide bonds. The molecule has 0 heterocycles. The van der Waals surface area contributed by atoms with Crippen LogP contribution in [0, 0.1) is 11.8 Å². The molecule has 4 nitrogen and oxygen atoms in total. The number of aliphatic hydroxyl groups is 1. The van der Waals surface area contributed by atoms with E-state index in [1.165, 1.54) is 0 Å². The highest BCUT2D eigenvalue weighted by Crippen LogP contribution is 2.28. The van der Waals surface area contributed by atoms with E-state index < -0.39 is 12.1 Å². The summed E-state index contributed by atoms with van der Waals surface area (Å²) in [6, 6.07) is 0. The number of carbonyl (C=O) groups excluding carboxylic acids is 1. The summed E-state index contributed by atoms with van der Waals surface area (Å²) in [5.74, 6) is -0.476. The Balaban J connectivity index is 2.34. The van der Waals surface area contributed by atoms with Gasteiger partial charge in [-0.2, -0.15) is 0 Å². The summed E-state index contributed by atoms with van der Waals surface area (Å²) < 4.78 is 0. The van der Waals surface area contributed by atoms with Crippen LogP contribution in [0.5, 0.6) is 0 Å². The van der Waals surface area contributed by atoms with Crippen LogP contribution in [-0.4, -0.2) is 28.1 Å². The number of hydrogen-bond donors (Lipinski definition) is 2. The van der Waals surface area contributed by atoms with E-state index in [9.17, 15) is 14.7 Å². The molecular formula is C18H28O4. The first-order chi connectivity index (χ1) is 10.5. The van der Waals surface area contributed by atoms with Crippen molar-refractivity contribution in [3.63, 3.8) is 0 Å². The maximum absolute atomic E-state index is 11.9. The standard InChI is InChI=1S/C18H28O4/c1-2-3-4-8-16-14(11-13-17(16)20)10-12-15(19)7-5-6-9-18(21)22/h10-16,19H,2-9H2,1H3,(H,21,22)/b12-10+/t14-,15+,16-/m1/s1. The molecule has 0 saturated carbocycles. The maximum Gasteiger partial charge on any atom is 0.303 e. The van der Waals surface area contributed by atoms with Crippen LogP contribution in [0.1, 0.15) is 58.3 Å². The molecule has 0 unspecified atom stereocenters. The Kier molecular flexibility index (Phi) is 8.75. The molecule has 0 aromatic heterocycles. The first kappa shape index (κ1) is 18.6. The van der Waals surface area contributed by atoms with E-state index in [-0.39, 0.29) is 24.0 Å². The second kappa shape index (κ2) is 10.3. The van der Waals surface area contributed by atoms with Gasteiger partial charge in [-0.25, -0.2) is 0 Å². The predicted molar refractivity (Wildman–Crippen MR) is 86.5 cm³/mol.